The molecule has 0 saturated heterocycles. The third kappa shape index (κ3) is 3.67. The number of halogens is 2. The molecule has 1 heterocycles. The van der Waals surface area contributed by atoms with Crippen LogP contribution in [0.3, 0.4) is 0 Å². The van der Waals surface area contributed by atoms with E-state index in [-0.39, 0.29) is 6.61 Å². The van der Waals surface area contributed by atoms with E-state index in [0.29, 0.717) is 26.3 Å². The van der Waals surface area contributed by atoms with E-state index in [2.05, 4.69) is 15.5 Å². The maximum absolute atomic E-state index is 9.03. The first-order valence-electron chi connectivity index (χ1n) is 5.40. The first kappa shape index (κ1) is 14.3. The molecule has 0 fully saturated rings. The minimum Gasteiger partial charge on any atom is -0.392 e. The molecular weight excluding hydrogens is 305 g/mol. The van der Waals surface area contributed by atoms with Gasteiger partial charge >= 0.3 is 0 Å². The van der Waals surface area contributed by atoms with E-state index in [4.69, 9.17) is 28.3 Å². The van der Waals surface area contributed by atoms with Crippen molar-refractivity contribution in [3.63, 3.8) is 0 Å². The van der Waals surface area contributed by atoms with Crippen molar-refractivity contribution >= 4 is 45.9 Å². The number of thiazole rings is 1. The number of nitrogens with one attached hydrogen (secondary N) is 1. The van der Waals surface area contributed by atoms with Gasteiger partial charge in [0.2, 0.25) is 5.13 Å². The zero-order valence-corrected chi connectivity index (χ0v) is 12.4. The van der Waals surface area contributed by atoms with E-state index in [1.807, 2.05) is 12.3 Å². The molecule has 2 aromatic rings. The van der Waals surface area contributed by atoms with Gasteiger partial charge in [-0.3, -0.25) is 5.43 Å². The fraction of sp³-hybridized carbons (Fsp3) is 0.167. The largest absolute Gasteiger partial charge is 0.392 e. The Balaban J connectivity index is 2.14. The van der Waals surface area contributed by atoms with Gasteiger partial charge in [-0.05, 0) is 24.6 Å². The number of hydrazone groups is 1. The van der Waals surface area contributed by atoms with Crippen LogP contribution in [0.4, 0.5) is 5.13 Å². The van der Waals surface area contributed by atoms with E-state index >= 15 is 0 Å². The number of aryl methyl sites for hydroxylation is 1. The zero-order valence-electron chi connectivity index (χ0n) is 10.0. The second-order valence-corrected chi connectivity index (χ2v) is 5.47. The number of aromatic nitrogens is 1. The van der Waals surface area contributed by atoms with Gasteiger partial charge in [-0.25, -0.2) is 4.98 Å². The summed E-state index contributed by atoms with van der Waals surface area (Å²) in [5.41, 5.74) is 5.00. The van der Waals surface area contributed by atoms with Gasteiger partial charge in [-0.2, -0.15) is 5.10 Å². The second-order valence-electron chi connectivity index (χ2n) is 3.80. The fourth-order valence-electron chi connectivity index (χ4n) is 1.41. The average Bonchev–Trinajstić information content (AvgIpc) is 2.78. The maximum atomic E-state index is 9.03. The summed E-state index contributed by atoms with van der Waals surface area (Å²) in [6.07, 6.45) is 1.53. The summed E-state index contributed by atoms with van der Waals surface area (Å²) < 4.78 is 0. The Bertz CT molecular complexity index is 590. The van der Waals surface area contributed by atoms with Crippen molar-refractivity contribution in [2.75, 3.05) is 5.43 Å². The lowest BCUT2D eigenvalue weighted by molar-refractivity contribution is 0.282. The third-order valence-corrected chi connectivity index (χ3v) is 3.78. The molecule has 100 valence electrons. The topological polar surface area (TPSA) is 57.5 Å². The van der Waals surface area contributed by atoms with Crippen LogP contribution in [0.25, 0.3) is 0 Å². The summed E-state index contributed by atoms with van der Waals surface area (Å²) in [4.78, 5) is 4.21. The lowest BCUT2D eigenvalue weighted by atomic mass is 10.1. The predicted molar refractivity (Wildman–Crippen MR) is 80.5 cm³/mol. The Morgan fingerprint density at radius 1 is 1.42 bits per heavy atom. The normalized spacial score (nSPS) is 11.2. The van der Waals surface area contributed by atoms with E-state index < -0.39 is 0 Å². The molecule has 0 bridgehead atoms. The summed E-state index contributed by atoms with van der Waals surface area (Å²) in [6, 6.07) is 3.31. The second kappa shape index (κ2) is 6.34. The molecule has 0 spiro atoms. The summed E-state index contributed by atoms with van der Waals surface area (Å²) >= 11 is 13.6. The highest BCUT2D eigenvalue weighted by molar-refractivity contribution is 7.13. The van der Waals surface area contributed by atoms with Crippen molar-refractivity contribution in [2.24, 2.45) is 5.10 Å². The molecule has 1 aromatic heterocycles. The Hall–Kier alpha value is -1.14. The molecule has 0 aliphatic rings. The molecule has 7 heteroatoms. The van der Waals surface area contributed by atoms with E-state index in [0.717, 1.165) is 5.69 Å². The van der Waals surface area contributed by atoms with Gasteiger partial charge in [0.05, 0.1) is 28.6 Å². The molecule has 4 nitrogen and oxygen atoms in total. The van der Waals surface area contributed by atoms with Crippen LogP contribution in [0.15, 0.2) is 22.6 Å². The van der Waals surface area contributed by atoms with Crippen LogP contribution in [0, 0.1) is 6.92 Å². The molecule has 0 unspecified atom stereocenters. The van der Waals surface area contributed by atoms with Gasteiger partial charge in [-0.1, -0.05) is 23.2 Å². The van der Waals surface area contributed by atoms with Crippen LogP contribution in [0.2, 0.25) is 10.0 Å². The molecule has 0 atom stereocenters. The Labute approximate surface area is 124 Å². The van der Waals surface area contributed by atoms with Crippen LogP contribution < -0.4 is 5.43 Å². The van der Waals surface area contributed by atoms with Crippen molar-refractivity contribution in [3.8, 4) is 0 Å². The summed E-state index contributed by atoms with van der Waals surface area (Å²) in [5, 5.41) is 16.6. The summed E-state index contributed by atoms with van der Waals surface area (Å²) in [5.74, 6) is 0. The van der Waals surface area contributed by atoms with Gasteiger partial charge in [0.1, 0.15) is 0 Å². The SMILES string of the molecule is Cc1csc(NN=Cc2c(Cl)cc(CO)cc2Cl)n1. The van der Waals surface area contributed by atoms with Crippen molar-refractivity contribution in [3.05, 3.63) is 44.4 Å². The molecular formula is C12H11Cl2N3OS. The molecule has 2 rings (SSSR count). The maximum Gasteiger partial charge on any atom is 0.203 e. The Kier molecular flexibility index (Phi) is 4.76. The van der Waals surface area contributed by atoms with Gasteiger partial charge in [0, 0.05) is 10.9 Å². The number of nitrogens with zero attached hydrogens (tertiary/aromatic N) is 2. The quantitative estimate of drug-likeness (QED) is 0.668. The van der Waals surface area contributed by atoms with E-state index in [1.54, 1.807) is 12.1 Å². The number of hydrogen-bond acceptors (Lipinski definition) is 5. The van der Waals surface area contributed by atoms with Crippen LogP contribution >= 0.6 is 34.5 Å². The van der Waals surface area contributed by atoms with Crippen molar-refractivity contribution in [2.45, 2.75) is 13.5 Å². The molecule has 0 radical (unpaired) electrons. The molecule has 19 heavy (non-hydrogen) atoms. The molecule has 0 aliphatic heterocycles. The van der Waals surface area contributed by atoms with Crippen LogP contribution in [0.1, 0.15) is 16.8 Å². The molecule has 0 aliphatic carbocycles. The predicted octanol–water partition coefficient (Wildman–Crippen LogP) is 3.70. The monoisotopic (exact) mass is 315 g/mol. The summed E-state index contributed by atoms with van der Waals surface area (Å²) in [6.45, 7) is 1.81. The van der Waals surface area contributed by atoms with Gasteiger partial charge in [-0.15, -0.1) is 11.3 Å². The van der Waals surface area contributed by atoms with Crippen LogP contribution in [-0.4, -0.2) is 16.3 Å². The molecule has 1 aromatic carbocycles. The van der Waals surface area contributed by atoms with Crippen molar-refractivity contribution in [1.29, 1.82) is 0 Å². The third-order valence-electron chi connectivity index (χ3n) is 2.29. The zero-order chi connectivity index (χ0) is 13.8. The standard InChI is InChI=1S/C12H11Cl2N3OS/c1-7-6-19-12(16-7)17-15-4-9-10(13)2-8(5-18)3-11(9)14/h2-4,6,18H,5H2,1H3,(H,16,17). The van der Waals surface area contributed by atoms with Crippen LogP contribution in [-0.2, 0) is 6.61 Å². The minimum atomic E-state index is -0.104. The fourth-order valence-corrected chi connectivity index (χ4v) is 2.68. The minimum absolute atomic E-state index is 0.104. The molecule has 0 amide bonds. The first-order chi connectivity index (χ1) is 9.10. The molecule has 2 N–H and O–H groups in total. The number of benzene rings is 1. The van der Waals surface area contributed by atoms with Gasteiger partial charge < -0.3 is 5.11 Å². The highest BCUT2D eigenvalue weighted by Gasteiger charge is 2.06. The highest BCUT2D eigenvalue weighted by atomic mass is 35.5. The highest BCUT2D eigenvalue weighted by Crippen LogP contribution is 2.25. The number of anilines is 1. The Morgan fingerprint density at radius 3 is 2.63 bits per heavy atom. The van der Waals surface area contributed by atoms with Crippen LogP contribution in [0.5, 0.6) is 0 Å². The lowest BCUT2D eigenvalue weighted by Crippen LogP contribution is -1.94. The number of aliphatic hydroxyl groups is 1. The lowest BCUT2D eigenvalue weighted by Gasteiger charge is -2.04. The van der Waals surface area contributed by atoms with E-state index in [1.165, 1.54) is 17.6 Å². The number of hydrogen-bond donors (Lipinski definition) is 2. The smallest absolute Gasteiger partial charge is 0.203 e. The summed E-state index contributed by atoms with van der Waals surface area (Å²) in [7, 11) is 0. The van der Waals surface area contributed by atoms with E-state index in [9.17, 15) is 0 Å². The average molecular weight is 316 g/mol. The number of aliphatic hydroxyl groups excluding tert-OH is 1. The van der Waals surface area contributed by atoms with Gasteiger partial charge in [0.25, 0.3) is 0 Å². The van der Waals surface area contributed by atoms with Crippen molar-refractivity contribution < 1.29 is 5.11 Å². The molecule has 0 saturated carbocycles. The number of rotatable bonds is 4. The Morgan fingerprint density at radius 2 is 2.11 bits per heavy atom. The van der Waals surface area contributed by atoms with Crippen molar-refractivity contribution in [1.82, 2.24) is 4.98 Å². The van der Waals surface area contributed by atoms with Gasteiger partial charge in [0.15, 0.2) is 0 Å². The first-order valence-corrected chi connectivity index (χ1v) is 7.03.